The first-order chi connectivity index (χ1) is 7.64. The van der Waals surface area contributed by atoms with Gasteiger partial charge < -0.3 is 38.0 Å². The van der Waals surface area contributed by atoms with Gasteiger partial charge in [-0.15, -0.1) is 0 Å². The van der Waals surface area contributed by atoms with Gasteiger partial charge in [0.1, 0.15) is 12.6 Å². The number of rotatable bonds is 9. The van der Waals surface area contributed by atoms with E-state index in [1.54, 1.807) is 0 Å². The quantitative estimate of drug-likeness (QED) is 0.237. The molecule has 0 spiro atoms. The molecule has 0 atom stereocenters. The van der Waals surface area contributed by atoms with Crippen molar-refractivity contribution in [3.8, 4) is 0 Å². The van der Waals surface area contributed by atoms with Crippen LogP contribution in [0, 0.1) is 0 Å². The van der Waals surface area contributed by atoms with E-state index in [1.165, 1.54) is 0 Å². The Bertz CT molecular complexity index is 283. The van der Waals surface area contributed by atoms with Crippen molar-refractivity contribution in [1.29, 1.82) is 0 Å². The van der Waals surface area contributed by atoms with Crippen molar-refractivity contribution in [2.45, 2.75) is 32.6 Å². The zero-order valence-corrected chi connectivity index (χ0v) is 13.8. The van der Waals surface area contributed by atoms with Crippen LogP contribution in [0.4, 0.5) is 0 Å². The molecule has 0 aromatic heterocycles. The molecule has 0 bridgehead atoms. The molecule has 0 aromatic rings. The van der Waals surface area contributed by atoms with Crippen LogP contribution >= 0.6 is 15.2 Å². The van der Waals surface area contributed by atoms with Crippen LogP contribution in [0.25, 0.3) is 0 Å². The predicted octanol–water partition coefficient (Wildman–Crippen LogP) is 1.63. The first-order valence-corrected chi connectivity index (χ1v) is 9.05. The average molecular weight is 340 g/mol. The topological polar surface area (TPSA) is 223 Å². The molecule has 0 unspecified atom stereocenters. The summed E-state index contributed by atoms with van der Waals surface area (Å²) in [5.74, 6) is 0. The van der Waals surface area contributed by atoms with E-state index in [0.717, 1.165) is 24.2 Å². The third-order valence-electron chi connectivity index (χ3n) is 2.10. The zero-order chi connectivity index (χ0) is 13.5. The van der Waals surface area contributed by atoms with Gasteiger partial charge in [0.25, 0.3) is 0 Å². The molecule has 20 heavy (non-hydrogen) atoms. The van der Waals surface area contributed by atoms with Gasteiger partial charge in [-0.2, -0.15) is 0 Å². The molecule has 10 nitrogen and oxygen atoms in total. The molecule has 0 rings (SSSR count). The molecule has 0 heterocycles. The maximum absolute atomic E-state index is 10.8. The first kappa shape index (κ1) is 28.3. The van der Waals surface area contributed by atoms with Crippen LogP contribution in [0.15, 0.2) is 0 Å². The summed E-state index contributed by atoms with van der Waals surface area (Å²) in [4.78, 5) is 36.4. The molecule has 0 saturated carbocycles. The molecule has 0 amide bonds. The lowest BCUT2D eigenvalue weighted by Crippen LogP contribution is -2.27. The molecule has 0 aliphatic heterocycles. The second kappa shape index (κ2) is 12.8. The molecular formula is C8H30N4O6P2. The van der Waals surface area contributed by atoms with Crippen molar-refractivity contribution in [1.82, 2.24) is 23.4 Å². The molecule has 128 valence electrons. The summed E-state index contributed by atoms with van der Waals surface area (Å²) in [5, 5.41) is 0. The maximum Gasteiger partial charge on any atom is 0.339 e. The van der Waals surface area contributed by atoms with E-state index in [4.69, 9.17) is 19.6 Å². The Morgan fingerprint density at radius 2 is 1.20 bits per heavy atom. The average Bonchev–Trinajstić information content (AvgIpc) is 2.06. The molecule has 0 aromatic carbocycles. The molecular weight excluding hydrogens is 310 g/mol. The highest BCUT2D eigenvalue weighted by atomic mass is 31.2. The fourth-order valence-electron chi connectivity index (χ4n) is 1.47. The van der Waals surface area contributed by atoms with Gasteiger partial charge in [0.2, 0.25) is 0 Å². The number of hydrogen-bond donors (Lipinski definition) is 7. The van der Waals surface area contributed by atoms with Gasteiger partial charge in [0.05, 0.1) is 0 Å². The summed E-state index contributed by atoms with van der Waals surface area (Å²) >= 11 is 0. The standard InChI is InChI=1S/C8H21NO6P2.3H3N/c1-2-3-4-5-6-9(7-16(10,11)12)8-17(13,14)15;;;/h2-8H2,1H3,(H2,10,11,12)(H2,13,14,15);3*1H3. The zero-order valence-electron chi connectivity index (χ0n) is 12.0. The van der Waals surface area contributed by atoms with Gasteiger partial charge in [0, 0.05) is 0 Å². The first-order valence-electron chi connectivity index (χ1n) is 5.45. The Morgan fingerprint density at radius 1 is 0.800 bits per heavy atom. The van der Waals surface area contributed by atoms with Gasteiger partial charge in [0.15, 0.2) is 0 Å². The van der Waals surface area contributed by atoms with E-state index in [2.05, 4.69) is 0 Å². The number of nitrogens with zero attached hydrogens (tertiary/aromatic N) is 1. The van der Waals surface area contributed by atoms with Crippen LogP contribution in [0.3, 0.4) is 0 Å². The van der Waals surface area contributed by atoms with Crippen LogP contribution in [0.1, 0.15) is 32.6 Å². The smallest absolute Gasteiger partial charge is 0.339 e. The molecule has 12 heteroatoms. The third-order valence-corrected chi connectivity index (χ3v) is 3.63. The lowest BCUT2D eigenvalue weighted by atomic mass is 10.2. The van der Waals surface area contributed by atoms with E-state index in [1.807, 2.05) is 6.92 Å². The monoisotopic (exact) mass is 340 g/mol. The van der Waals surface area contributed by atoms with Crippen molar-refractivity contribution < 1.29 is 28.7 Å². The van der Waals surface area contributed by atoms with Crippen LogP contribution in [-0.2, 0) is 9.13 Å². The number of unbranched alkanes of at least 4 members (excludes halogenated alkanes) is 3. The molecule has 13 N–H and O–H groups in total. The van der Waals surface area contributed by atoms with E-state index in [0.29, 0.717) is 6.42 Å². The summed E-state index contributed by atoms with van der Waals surface area (Å²) in [6.45, 7) is 2.32. The van der Waals surface area contributed by atoms with Crippen LogP contribution in [0.2, 0.25) is 0 Å². The third kappa shape index (κ3) is 20.5. The second-order valence-electron chi connectivity index (χ2n) is 4.07. The van der Waals surface area contributed by atoms with Gasteiger partial charge in [-0.25, -0.2) is 0 Å². The largest absolute Gasteiger partial charge is 0.344 e. The minimum atomic E-state index is -4.28. The van der Waals surface area contributed by atoms with Crippen molar-refractivity contribution in [2.75, 3.05) is 19.1 Å². The second-order valence-corrected chi connectivity index (χ2v) is 7.29. The van der Waals surface area contributed by atoms with E-state index in [9.17, 15) is 9.13 Å². The maximum atomic E-state index is 10.8. The van der Waals surface area contributed by atoms with E-state index < -0.39 is 27.8 Å². The molecule has 0 aliphatic carbocycles. The summed E-state index contributed by atoms with van der Waals surface area (Å²) in [6, 6.07) is 0. The van der Waals surface area contributed by atoms with Crippen molar-refractivity contribution in [2.24, 2.45) is 0 Å². The van der Waals surface area contributed by atoms with Crippen LogP contribution in [-0.4, -0.2) is 43.6 Å². The molecule has 0 saturated heterocycles. The fourth-order valence-corrected chi connectivity index (χ4v) is 3.15. The Labute approximate surface area is 120 Å². The van der Waals surface area contributed by atoms with E-state index >= 15 is 0 Å². The lowest BCUT2D eigenvalue weighted by molar-refractivity contribution is 0.273. The Balaban J connectivity index is -0.000000427. The Kier molecular flexibility index (Phi) is 18.2. The van der Waals surface area contributed by atoms with Crippen LogP contribution < -0.4 is 18.5 Å². The SMILES string of the molecule is CCCCCCN(CP(=O)(O)O)CP(=O)(O)O.N.N.N. The van der Waals surface area contributed by atoms with Gasteiger partial charge in [-0.1, -0.05) is 26.2 Å². The normalized spacial score (nSPS) is 11.3. The van der Waals surface area contributed by atoms with Gasteiger partial charge >= 0.3 is 15.2 Å². The highest BCUT2D eigenvalue weighted by molar-refractivity contribution is 7.52. The summed E-state index contributed by atoms with van der Waals surface area (Å²) < 4.78 is 21.6. The van der Waals surface area contributed by atoms with Crippen molar-refractivity contribution in [3.05, 3.63) is 0 Å². The van der Waals surface area contributed by atoms with E-state index in [-0.39, 0.29) is 25.0 Å². The highest BCUT2D eigenvalue weighted by Crippen LogP contribution is 2.40. The fraction of sp³-hybridized carbons (Fsp3) is 1.00. The Hall–Kier alpha value is 0.140. The summed E-state index contributed by atoms with van der Waals surface area (Å²) in [5.41, 5.74) is 0. The highest BCUT2D eigenvalue weighted by Gasteiger charge is 2.25. The van der Waals surface area contributed by atoms with Gasteiger partial charge in [-0.3, -0.25) is 14.0 Å². The minimum Gasteiger partial charge on any atom is -0.344 e. The molecule has 0 aliphatic rings. The predicted molar refractivity (Wildman–Crippen MR) is 79.7 cm³/mol. The van der Waals surface area contributed by atoms with Gasteiger partial charge in [-0.05, 0) is 13.0 Å². The Morgan fingerprint density at radius 3 is 1.50 bits per heavy atom. The van der Waals surface area contributed by atoms with Crippen molar-refractivity contribution in [3.63, 3.8) is 0 Å². The molecule has 0 fully saturated rings. The summed E-state index contributed by atoms with van der Waals surface area (Å²) in [7, 11) is -8.56. The van der Waals surface area contributed by atoms with Crippen molar-refractivity contribution >= 4 is 15.2 Å². The lowest BCUT2D eigenvalue weighted by Gasteiger charge is -2.22. The van der Waals surface area contributed by atoms with Crippen LogP contribution in [0.5, 0.6) is 0 Å². The summed E-state index contributed by atoms with van der Waals surface area (Å²) in [6.07, 6.45) is 2.37. The minimum absolute atomic E-state index is 0. The molecule has 0 radical (unpaired) electrons. The number of hydrogen-bond acceptors (Lipinski definition) is 6.